The lowest BCUT2D eigenvalue weighted by Crippen LogP contribution is -2.39. The number of rotatable bonds is 2. The van der Waals surface area contributed by atoms with Crippen molar-refractivity contribution >= 4 is 28.6 Å². The predicted molar refractivity (Wildman–Crippen MR) is 91.4 cm³/mol. The van der Waals surface area contributed by atoms with Gasteiger partial charge in [0.05, 0.1) is 6.61 Å². The Bertz CT molecular complexity index is 895. The van der Waals surface area contributed by atoms with Crippen molar-refractivity contribution in [1.29, 1.82) is 0 Å². The van der Waals surface area contributed by atoms with Crippen molar-refractivity contribution in [2.45, 2.75) is 20.0 Å². The van der Waals surface area contributed by atoms with Crippen LogP contribution in [0.1, 0.15) is 23.4 Å². The average molecular weight is 345 g/mol. The first-order chi connectivity index (χ1) is 11.6. The minimum Gasteiger partial charge on any atom is -0.422 e. The van der Waals surface area contributed by atoms with Crippen LogP contribution in [0.5, 0.6) is 0 Å². The largest absolute Gasteiger partial charge is 0.422 e. The highest BCUT2D eigenvalue weighted by Gasteiger charge is 2.27. The highest BCUT2D eigenvalue weighted by molar-refractivity contribution is 6.31. The molecule has 1 unspecified atom stereocenters. The fourth-order valence-corrected chi connectivity index (χ4v) is 3.26. The summed E-state index contributed by atoms with van der Waals surface area (Å²) in [5.41, 5.74) is 2.20. The minimum atomic E-state index is -0.106. The van der Waals surface area contributed by atoms with Crippen LogP contribution in [0.25, 0.3) is 11.2 Å². The number of oxazole rings is 1. The van der Waals surface area contributed by atoms with Gasteiger partial charge < -0.3 is 14.1 Å². The predicted octanol–water partition coefficient (Wildman–Crippen LogP) is 3.47. The molecule has 0 N–H and O–H groups in total. The summed E-state index contributed by atoms with van der Waals surface area (Å²) in [5.74, 6) is 2.03. The van der Waals surface area contributed by atoms with Crippen LogP contribution in [0.2, 0.25) is 5.02 Å². The van der Waals surface area contributed by atoms with E-state index in [-0.39, 0.29) is 6.10 Å². The average Bonchev–Trinajstić information content (AvgIpc) is 2.94. The summed E-state index contributed by atoms with van der Waals surface area (Å²) in [6.45, 7) is 5.65. The molecule has 1 aliphatic heterocycles. The highest BCUT2D eigenvalue weighted by Crippen LogP contribution is 2.32. The Hall–Kier alpha value is -2.18. The molecular weight excluding hydrogens is 328 g/mol. The zero-order valence-electron chi connectivity index (χ0n) is 13.5. The lowest BCUT2D eigenvalue weighted by molar-refractivity contribution is 0.0396. The number of halogens is 1. The molecule has 1 aromatic carbocycles. The molecule has 124 valence electrons. The number of ether oxygens (including phenoxy) is 1. The number of aromatic nitrogens is 3. The zero-order valence-corrected chi connectivity index (χ0v) is 14.2. The van der Waals surface area contributed by atoms with Gasteiger partial charge in [0.25, 0.3) is 5.71 Å². The molecule has 0 radical (unpaired) electrons. The van der Waals surface area contributed by atoms with E-state index >= 15 is 0 Å². The Balaban J connectivity index is 1.71. The Labute approximate surface area is 144 Å². The number of aryl methyl sites for hydroxylation is 2. The molecule has 0 spiro atoms. The number of anilines is 1. The SMILES string of the molecule is Cc1nc(N2CCOC(c3ccccc3Cl)C2)c2nc(C)oc2n1. The highest BCUT2D eigenvalue weighted by atomic mass is 35.5. The van der Waals surface area contributed by atoms with Gasteiger partial charge in [0, 0.05) is 30.6 Å². The molecule has 1 atom stereocenters. The third-order valence-corrected chi connectivity index (χ3v) is 4.42. The maximum atomic E-state index is 6.32. The van der Waals surface area contributed by atoms with Gasteiger partial charge in [-0.05, 0) is 13.0 Å². The van der Waals surface area contributed by atoms with Gasteiger partial charge in [-0.2, -0.15) is 4.98 Å². The molecule has 3 heterocycles. The number of fused-ring (bicyclic) bond motifs is 1. The van der Waals surface area contributed by atoms with E-state index in [2.05, 4.69) is 19.9 Å². The number of hydrogen-bond donors (Lipinski definition) is 0. The number of hydrogen-bond acceptors (Lipinski definition) is 6. The van der Waals surface area contributed by atoms with E-state index < -0.39 is 0 Å². The summed E-state index contributed by atoms with van der Waals surface area (Å²) in [6.07, 6.45) is -0.106. The summed E-state index contributed by atoms with van der Waals surface area (Å²) < 4.78 is 11.5. The third-order valence-electron chi connectivity index (χ3n) is 4.08. The van der Waals surface area contributed by atoms with Gasteiger partial charge in [0.2, 0.25) is 0 Å². The number of nitrogens with zero attached hydrogens (tertiary/aromatic N) is 4. The van der Waals surface area contributed by atoms with E-state index in [1.165, 1.54) is 0 Å². The molecular formula is C17H17ClN4O2. The molecule has 24 heavy (non-hydrogen) atoms. The summed E-state index contributed by atoms with van der Waals surface area (Å²) in [6, 6.07) is 7.77. The van der Waals surface area contributed by atoms with Gasteiger partial charge in [0.15, 0.2) is 17.2 Å². The molecule has 3 aromatic rings. The standard InChI is InChI=1S/C17H17ClN4O2/c1-10-19-16(15-17(20-10)24-11(2)21-15)22-7-8-23-14(9-22)12-5-3-4-6-13(12)18/h3-6,14H,7-9H2,1-2H3. The van der Waals surface area contributed by atoms with Crippen molar-refractivity contribution in [2.24, 2.45) is 0 Å². The van der Waals surface area contributed by atoms with Gasteiger partial charge >= 0.3 is 0 Å². The van der Waals surface area contributed by atoms with E-state index in [0.717, 1.165) is 17.9 Å². The van der Waals surface area contributed by atoms with Gasteiger partial charge in [-0.3, -0.25) is 0 Å². The van der Waals surface area contributed by atoms with Crippen molar-refractivity contribution < 1.29 is 9.15 Å². The van der Waals surface area contributed by atoms with Crippen LogP contribution in [0.3, 0.4) is 0 Å². The summed E-state index contributed by atoms with van der Waals surface area (Å²) in [4.78, 5) is 15.5. The van der Waals surface area contributed by atoms with E-state index in [4.69, 9.17) is 20.8 Å². The molecule has 1 aliphatic rings. The molecule has 0 amide bonds. The van der Waals surface area contributed by atoms with Crippen molar-refractivity contribution in [3.63, 3.8) is 0 Å². The van der Waals surface area contributed by atoms with Gasteiger partial charge in [0.1, 0.15) is 11.9 Å². The maximum absolute atomic E-state index is 6.32. The van der Waals surface area contributed by atoms with Crippen molar-refractivity contribution in [3.05, 3.63) is 46.6 Å². The first kappa shape index (κ1) is 15.4. The molecule has 2 aromatic heterocycles. The van der Waals surface area contributed by atoms with Crippen LogP contribution in [-0.4, -0.2) is 34.6 Å². The van der Waals surface area contributed by atoms with E-state index in [1.807, 2.05) is 38.1 Å². The Morgan fingerprint density at radius 1 is 1.17 bits per heavy atom. The smallest absolute Gasteiger partial charge is 0.252 e. The number of morpholine rings is 1. The van der Waals surface area contributed by atoms with E-state index in [1.54, 1.807) is 0 Å². The van der Waals surface area contributed by atoms with Crippen molar-refractivity contribution in [3.8, 4) is 0 Å². The summed E-state index contributed by atoms with van der Waals surface area (Å²) in [7, 11) is 0. The van der Waals surface area contributed by atoms with Crippen molar-refractivity contribution in [2.75, 3.05) is 24.6 Å². The van der Waals surface area contributed by atoms with Crippen LogP contribution < -0.4 is 4.90 Å². The summed E-state index contributed by atoms with van der Waals surface area (Å²) >= 11 is 6.32. The second-order valence-corrected chi connectivity index (χ2v) is 6.22. The van der Waals surface area contributed by atoms with Gasteiger partial charge in [-0.1, -0.05) is 29.8 Å². The summed E-state index contributed by atoms with van der Waals surface area (Å²) in [5, 5.41) is 0.714. The van der Waals surface area contributed by atoms with Crippen LogP contribution in [-0.2, 0) is 4.74 Å². The second kappa shape index (κ2) is 6.03. The molecule has 0 aliphatic carbocycles. The molecule has 0 bridgehead atoms. The lowest BCUT2D eigenvalue weighted by Gasteiger charge is -2.34. The topological polar surface area (TPSA) is 64.3 Å². The normalized spacial score (nSPS) is 18.3. The number of benzene rings is 1. The fraction of sp³-hybridized carbons (Fsp3) is 0.353. The molecule has 1 fully saturated rings. The van der Waals surface area contributed by atoms with Crippen LogP contribution >= 0.6 is 11.6 Å². The van der Waals surface area contributed by atoms with Gasteiger partial charge in [-0.15, -0.1) is 0 Å². The Morgan fingerprint density at radius 3 is 2.83 bits per heavy atom. The Morgan fingerprint density at radius 2 is 2.00 bits per heavy atom. The molecule has 7 heteroatoms. The quantitative estimate of drug-likeness (QED) is 0.709. The monoisotopic (exact) mass is 344 g/mol. The molecule has 4 rings (SSSR count). The molecule has 0 saturated carbocycles. The Kier molecular flexibility index (Phi) is 3.86. The molecule has 6 nitrogen and oxygen atoms in total. The van der Waals surface area contributed by atoms with E-state index in [9.17, 15) is 0 Å². The fourth-order valence-electron chi connectivity index (χ4n) is 3.00. The minimum absolute atomic E-state index is 0.106. The van der Waals surface area contributed by atoms with Crippen LogP contribution in [0.15, 0.2) is 28.7 Å². The van der Waals surface area contributed by atoms with Crippen molar-refractivity contribution in [1.82, 2.24) is 15.0 Å². The van der Waals surface area contributed by atoms with Crippen LogP contribution in [0, 0.1) is 13.8 Å². The lowest BCUT2D eigenvalue weighted by atomic mass is 10.1. The maximum Gasteiger partial charge on any atom is 0.252 e. The van der Waals surface area contributed by atoms with Gasteiger partial charge in [-0.25, -0.2) is 9.97 Å². The first-order valence-electron chi connectivity index (χ1n) is 7.84. The van der Waals surface area contributed by atoms with Crippen LogP contribution in [0.4, 0.5) is 5.82 Å². The third kappa shape index (κ3) is 2.72. The van der Waals surface area contributed by atoms with E-state index in [0.29, 0.717) is 41.1 Å². The molecule has 1 saturated heterocycles. The second-order valence-electron chi connectivity index (χ2n) is 5.81. The first-order valence-corrected chi connectivity index (χ1v) is 8.22. The zero-order chi connectivity index (χ0) is 16.7.